The van der Waals surface area contributed by atoms with Gasteiger partial charge in [-0.2, -0.15) is 0 Å². The first-order chi connectivity index (χ1) is 21.1. The van der Waals surface area contributed by atoms with E-state index < -0.39 is 60.2 Å². The van der Waals surface area contributed by atoms with Crippen molar-refractivity contribution in [3.63, 3.8) is 0 Å². The average molecular weight is 603 g/mol. The molecule has 4 rings (SSSR count). The molecule has 4 aromatic rings. The van der Waals surface area contributed by atoms with E-state index in [1.807, 2.05) is 30.3 Å². The number of carboxylic acid groups (broad SMARTS) is 1. The van der Waals surface area contributed by atoms with Gasteiger partial charge in [-0.15, -0.1) is 0 Å². The zero-order valence-electron chi connectivity index (χ0n) is 23.7. The molecule has 230 valence electrons. The Hall–Kier alpha value is -5.50. The monoisotopic (exact) mass is 602 g/mol. The lowest BCUT2D eigenvalue weighted by atomic mass is 10.0. The summed E-state index contributed by atoms with van der Waals surface area (Å²) in [5, 5.41) is 18.0. The number of aliphatic carboxylic acids is 1. The normalized spacial score (nSPS) is 13.8. The second-order valence-electron chi connectivity index (χ2n) is 10.3. The van der Waals surface area contributed by atoms with E-state index in [0.29, 0.717) is 5.69 Å². The Bertz CT molecular complexity index is 1600. The average Bonchev–Trinajstić information content (AvgIpc) is 3.66. The summed E-state index contributed by atoms with van der Waals surface area (Å²) >= 11 is 0. The number of para-hydroxylation sites is 1. The number of carboxylic acids is 1. The number of imidazole rings is 1. The number of primary amides is 1. The van der Waals surface area contributed by atoms with E-state index in [9.17, 15) is 29.1 Å². The van der Waals surface area contributed by atoms with Crippen molar-refractivity contribution in [2.45, 2.75) is 49.9 Å². The molecule has 0 fully saturated rings. The molecular formula is C30H34N8O6. The third-order valence-corrected chi connectivity index (χ3v) is 7.00. The SMILES string of the molecule is NC(=O)CC(NC(=O)C(Cc1cnc[nH]1)NC(=O)C(Cc1ccccc1)NC(=O)C(N)Cc1c[nH]c2ccccc12)C(=O)O. The summed E-state index contributed by atoms with van der Waals surface area (Å²) in [6, 6.07) is 11.5. The molecular weight excluding hydrogens is 568 g/mol. The minimum atomic E-state index is -1.61. The summed E-state index contributed by atoms with van der Waals surface area (Å²) < 4.78 is 0. The van der Waals surface area contributed by atoms with Crippen LogP contribution < -0.4 is 27.4 Å². The van der Waals surface area contributed by atoms with Crippen molar-refractivity contribution < 1.29 is 29.1 Å². The number of aromatic amines is 2. The van der Waals surface area contributed by atoms with E-state index in [1.54, 1.807) is 30.5 Å². The number of nitrogens with one attached hydrogen (secondary N) is 5. The molecule has 0 spiro atoms. The summed E-state index contributed by atoms with van der Waals surface area (Å²) in [4.78, 5) is 73.0. The van der Waals surface area contributed by atoms with Crippen LogP contribution in [0.25, 0.3) is 10.9 Å². The van der Waals surface area contributed by atoms with Crippen LogP contribution in [0.4, 0.5) is 0 Å². The highest BCUT2D eigenvalue weighted by molar-refractivity contribution is 5.95. The standard InChI is InChI=1S/C30H34N8O6/c31-21(11-18-14-34-22-9-5-4-8-20(18)22)27(40)36-23(10-17-6-2-1-3-7-17)28(41)37-24(12-19-15-33-16-35-19)29(42)38-25(30(43)44)13-26(32)39/h1-9,14-16,21,23-25,34H,10-13,31H2,(H2,32,39)(H,33,35)(H,36,40)(H,37,41)(H,38,42)(H,43,44). The molecule has 0 bridgehead atoms. The number of fused-ring (bicyclic) bond motifs is 1. The Balaban J connectivity index is 1.52. The number of hydrogen-bond donors (Lipinski definition) is 8. The number of benzene rings is 2. The van der Waals surface area contributed by atoms with E-state index in [-0.39, 0.29) is 19.3 Å². The maximum atomic E-state index is 13.7. The molecule has 2 aromatic heterocycles. The number of amides is 4. The van der Waals surface area contributed by atoms with Gasteiger partial charge >= 0.3 is 5.97 Å². The molecule has 10 N–H and O–H groups in total. The number of nitrogens with zero attached hydrogens (tertiary/aromatic N) is 1. The lowest BCUT2D eigenvalue weighted by Gasteiger charge is -2.25. The van der Waals surface area contributed by atoms with E-state index in [1.165, 1.54) is 12.5 Å². The molecule has 0 aliphatic heterocycles. The topological polar surface area (TPSA) is 238 Å². The largest absolute Gasteiger partial charge is 0.480 e. The van der Waals surface area contributed by atoms with Gasteiger partial charge < -0.3 is 42.5 Å². The molecule has 0 saturated carbocycles. The third kappa shape index (κ3) is 8.51. The Morgan fingerprint density at radius 1 is 0.795 bits per heavy atom. The predicted molar refractivity (Wildman–Crippen MR) is 160 cm³/mol. The number of H-pyrrole nitrogens is 2. The van der Waals surface area contributed by atoms with Gasteiger partial charge in [0.2, 0.25) is 23.6 Å². The molecule has 0 aliphatic carbocycles. The Labute approximate surface area is 252 Å². The number of rotatable bonds is 15. The van der Waals surface area contributed by atoms with Crippen LogP contribution in [0, 0.1) is 0 Å². The summed E-state index contributed by atoms with van der Waals surface area (Å²) in [7, 11) is 0. The maximum absolute atomic E-state index is 13.7. The van der Waals surface area contributed by atoms with Crippen molar-refractivity contribution in [2.75, 3.05) is 0 Å². The van der Waals surface area contributed by atoms with Crippen molar-refractivity contribution in [3.05, 3.63) is 90.1 Å². The maximum Gasteiger partial charge on any atom is 0.326 e. The van der Waals surface area contributed by atoms with Crippen molar-refractivity contribution in [3.8, 4) is 0 Å². The summed E-state index contributed by atoms with van der Waals surface area (Å²) in [6.07, 6.45) is 4.16. The molecule has 44 heavy (non-hydrogen) atoms. The summed E-state index contributed by atoms with van der Waals surface area (Å²) in [6.45, 7) is 0. The van der Waals surface area contributed by atoms with E-state index in [0.717, 1.165) is 22.0 Å². The Kier molecular flexibility index (Phi) is 10.4. The molecule has 14 heteroatoms. The highest BCUT2D eigenvalue weighted by Crippen LogP contribution is 2.19. The molecule has 4 unspecified atom stereocenters. The van der Waals surface area contributed by atoms with Gasteiger partial charge in [0.05, 0.1) is 18.8 Å². The second kappa shape index (κ2) is 14.6. The Morgan fingerprint density at radius 2 is 1.43 bits per heavy atom. The fraction of sp³-hybridized carbons (Fsp3) is 0.267. The van der Waals surface area contributed by atoms with Gasteiger partial charge in [-0.1, -0.05) is 48.5 Å². The fourth-order valence-corrected chi connectivity index (χ4v) is 4.74. The summed E-state index contributed by atoms with van der Waals surface area (Å²) in [5.74, 6) is -4.55. The minimum Gasteiger partial charge on any atom is -0.480 e. The van der Waals surface area contributed by atoms with Crippen LogP contribution in [0.3, 0.4) is 0 Å². The highest BCUT2D eigenvalue weighted by Gasteiger charge is 2.31. The van der Waals surface area contributed by atoms with Crippen LogP contribution in [-0.2, 0) is 43.2 Å². The number of hydrogen-bond acceptors (Lipinski definition) is 7. The molecule has 0 aliphatic rings. The van der Waals surface area contributed by atoms with Gasteiger partial charge in [0.25, 0.3) is 0 Å². The number of carbonyl (C=O) groups excluding carboxylic acids is 4. The highest BCUT2D eigenvalue weighted by atomic mass is 16.4. The van der Waals surface area contributed by atoms with Crippen molar-refractivity contribution >= 4 is 40.5 Å². The van der Waals surface area contributed by atoms with Crippen LogP contribution in [0.2, 0.25) is 0 Å². The van der Waals surface area contributed by atoms with Crippen LogP contribution >= 0.6 is 0 Å². The smallest absolute Gasteiger partial charge is 0.326 e. The first-order valence-corrected chi connectivity index (χ1v) is 13.8. The van der Waals surface area contributed by atoms with Crippen LogP contribution in [0.1, 0.15) is 23.2 Å². The zero-order chi connectivity index (χ0) is 31.6. The fourth-order valence-electron chi connectivity index (χ4n) is 4.74. The van der Waals surface area contributed by atoms with Gasteiger partial charge in [0, 0.05) is 41.8 Å². The third-order valence-electron chi connectivity index (χ3n) is 7.00. The molecule has 0 radical (unpaired) electrons. The quantitative estimate of drug-likeness (QED) is 0.0893. The van der Waals surface area contributed by atoms with Crippen LogP contribution in [-0.4, -0.2) is 73.8 Å². The second-order valence-corrected chi connectivity index (χ2v) is 10.3. The first-order valence-electron chi connectivity index (χ1n) is 13.8. The number of aromatic nitrogens is 3. The van der Waals surface area contributed by atoms with Crippen molar-refractivity contribution in [1.82, 2.24) is 30.9 Å². The summed E-state index contributed by atoms with van der Waals surface area (Å²) in [5.41, 5.74) is 14.4. The zero-order valence-corrected chi connectivity index (χ0v) is 23.7. The van der Waals surface area contributed by atoms with E-state index in [2.05, 4.69) is 30.9 Å². The molecule has 2 aromatic carbocycles. The van der Waals surface area contributed by atoms with E-state index in [4.69, 9.17) is 11.5 Å². The van der Waals surface area contributed by atoms with Crippen molar-refractivity contribution in [1.29, 1.82) is 0 Å². The van der Waals surface area contributed by atoms with E-state index >= 15 is 0 Å². The predicted octanol–water partition coefficient (Wildman–Crippen LogP) is -0.339. The van der Waals surface area contributed by atoms with Crippen LogP contribution in [0.15, 0.2) is 73.3 Å². The Morgan fingerprint density at radius 3 is 2.09 bits per heavy atom. The number of carbonyl (C=O) groups is 5. The lowest BCUT2D eigenvalue weighted by Crippen LogP contribution is -2.58. The van der Waals surface area contributed by atoms with Gasteiger partial charge in [0.15, 0.2) is 0 Å². The molecule has 14 nitrogen and oxygen atoms in total. The van der Waals surface area contributed by atoms with Crippen LogP contribution in [0.5, 0.6) is 0 Å². The molecule has 0 saturated heterocycles. The lowest BCUT2D eigenvalue weighted by molar-refractivity contribution is -0.143. The number of nitrogens with two attached hydrogens (primary N) is 2. The molecule has 2 heterocycles. The minimum absolute atomic E-state index is 0.0794. The van der Waals surface area contributed by atoms with Gasteiger partial charge in [-0.05, 0) is 23.6 Å². The van der Waals surface area contributed by atoms with Gasteiger partial charge in [0.1, 0.15) is 18.1 Å². The van der Waals surface area contributed by atoms with Crippen molar-refractivity contribution in [2.24, 2.45) is 11.5 Å². The molecule has 4 amide bonds. The molecule has 4 atom stereocenters. The van der Waals surface area contributed by atoms with Gasteiger partial charge in [-0.25, -0.2) is 9.78 Å². The first kappa shape index (κ1) is 31.4. The van der Waals surface area contributed by atoms with Gasteiger partial charge in [-0.3, -0.25) is 19.2 Å².